The molecule has 43 heavy (non-hydrogen) atoms. The lowest BCUT2D eigenvalue weighted by atomic mass is 10.1. The van der Waals surface area contributed by atoms with Crippen LogP contribution in [0.4, 0.5) is 23.0 Å². The second kappa shape index (κ2) is 14.8. The average molecular weight is 623 g/mol. The minimum Gasteiger partial charge on any atom is -0.497 e. The van der Waals surface area contributed by atoms with Gasteiger partial charge in [0.15, 0.2) is 0 Å². The van der Waals surface area contributed by atoms with Crippen molar-refractivity contribution in [1.29, 1.82) is 0 Å². The van der Waals surface area contributed by atoms with E-state index < -0.39 is 11.5 Å². The number of aromatic nitrogens is 2. The van der Waals surface area contributed by atoms with Gasteiger partial charge in [-0.3, -0.25) is 4.79 Å². The van der Waals surface area contributed by atoms with Gasteiger partial charge in [-0.25, -0.2) is 14.8 Å². The Kier molecular flexibility index (Phi) is 11.2. The fraction of sp³-hybridized carbons (Fsp3) is 0.161. The van der Waals surface area contributed by atoms with E-state index in [1.807, 2.05) is 0 Å². The second-order valence-electron chi connectivity index (χ2n) is 9.34. The highest BCUT2D eigenvalue weighted by atomic mass is 35.5. The van der Waals surface area contributed by atoms with Crippen LogP contribution >= 0.6 is 23.2 Å². The van der Waals surface area contributed by atoms with E-state index in [0.717, 1.165) is 0 Å². The Hall–Kier alpha value is -4.98. The molecule has 0 aliphatic heterocycles. The number of pyridine rings is 2. The van der Waals surface area contributed by atoms with Gasteiger partial charge in [-0.05, 0) is 62.4 Å². The van der Waals surface area contributed by atoms with E-state index in [4.69, 9.17) is 44.2 Å². The summed E-state index contributed by atoms with van der Waals surface area (Å²) < 4.78 is 10.3. The van der Waals surface area contributed by atoms with Crippen LogP contribution < -0.4 is 25.4 Å². The largest absolute Gasteiger partial charge is 0.497 e. The number of carboxylic acids is 1. The summed E-state index contributed by atoms with van der Waals surface area (Å²) in [5.74, 6) is 2.97. The molecule has 0 saturated heterocycles. The molecule has 2 heterocycles. The van der Waals surface area contributed by atoms with Crippen LogP contribution in [0.5, 0.6) is 11.5 Å². The van der Waals surface area contributed by atoms with Crippen LogP contribution in [0.15, 0.2) is 73.1 Å². The molecule has 222 valence electrons. The number of carboxylic acid groups (broad SMARTS) is 1. The number of aromatic carboxylic acids is 1. The monoisotopic (exact) mass is 621 g/mol. The third kappa shape index (κ3) is 9.53. The van der Waals surface area contributed by atoms with Crippen molar-refractivity contribution in [3.63, 3.8) is 0 Å². The van der Waals surface area contributed by atoms with Crippen LogP contribution in [0.25, 0.3) is 0 Å². The van der Waals surface area contributed by atoms with Crippen LogP contribution in [0.2, 0.25) is 10.0 Å². The molecule has 4 aromatic rings. The van der Waals surface area contributed by atoms with Crippen molar-refractivity contribution in [2.24, 2.45) is 0 Å². The smallest absolute Gasteiger partial charge is 0.339 e. The summed E-state index contributed by atoms with van der Waals surface area (Å²) in [5, 5.41) is 18.8. The lowest BCUT2D eigenvalue weighted by Crippen LogP contribution is -2.42. The number of anilines is 4. The van der Waals surface area contributed by atoms with E-state index in [0.29, 0.717) is 44.3 Å². The number of ether oxygens (including phenoxy) is 2. The van der Waals surface area contributed by atoms with Crippen molar-refractivity contribution in [2.75, 3.05) is 24.9 Å². The van der Waals surface area contributed by atoms with E-state index in [9.17, 15) is 9.59 Å². The normalized spacial score (nSPS) is 10.3. The van der Waals surface area contributed by atoms with Gasteiger partial charge >= 0.3 is 5.97 Å². The standard InChI is InChI=1S/C18H18ClN3O2.C13H11ClN2O3/c1-5-18(2,3)22-17(23)15-7-6-8-20-16(15)21-13-9-12(19)10-14(11-13)24-4;1-19-10-6-8(14)5-9(7-10)16-12-11(13(17)18)3-2-4-15-12/h1,6-11H,2-4H3,(H,20,21)(H,22,23);2-7H,1H3,(H,15,16)(H,17,18). The first-order chi connectivity index (χ1) is 20.4. The predicted molar refractivity (Wildman–Crippen MR) is 168 cm³/mol. The Labute approximate surface area is 259 Å². The Morgan fingerprint density at radius 2 is 1.30 bits per heavy atom. The highest BCUT2D eigenvalue weighted by Gasteiger charge is 2.21. The molecule has 0 radical (unpaired) electrons. The number of hydrogen-bond acceptors (Lipinski definition) is 8. The lowest BCUT2D eigenvalue weighted by Gasteiger charge is -2.20. The van der Waals surface area contributed by atoms with Crippen LogP contribution in [0.1, 0.15) is 34.6 Å². The molecule has 4 rings (SSSR count). The Bertz CT molecular complexity index is 1660. The number of methoxy groups -OCH3 is 2. The summed E-state index contributed by atoms with van der Waals surface area (Å²) in [4.78, 5) is 31.8. The third-order valence-electron chi connectivity index (χ3n) is 5.62. The molecule has 0 bridgehead atoms. The van der Waals surface area contributed by atoms with Gasteiger partial charge in [0.25, 0.3) is 5.91 Å². The Balaban J connectivity index is 0.000000242. The molecular formula is C31H29Cl2N5O5. The zero-order valence-electron chi connectivity index (χ0n) is 23.7. The maximum Gasteiger partial charge on any atom is 0.339 e. The molecule has 10 nitrogen and oxygen atoms in total. The summed E-state index contributed by atoms with van der Waals surface area (Å²) in [5.41, 5.74) is 0.957. The number of carbonyl (C=O) groups is 2. The lowest BCUT2D eigenvalue weighted by molar-refractivity contribution is 0.0697. The second-order valence-corrected chi connectivity index (χ2v) is 10.2. The quantitative estimate of drug-likeness (QED) is 0.148. The first-order valence-corrected chi connectivity index (χ1v) is 13.4. The summed E-state index contributed by atoms with van der Waals surface area (Å²) in [6.07, 6.45) is 8.52. The molecule has 0 aliphatic rings. The van der Waals surface area contributed by atoms with Crippen molar-refractivity contribution >= 4 is 58.1 Å². The molecule has 2 aromatic heterocycles. The topological polar surface area (TPSA) is 135 Å². The molecular weight excluding hydrogens is 593 g/mol. The first kappa shape index (κ1) is 32.5. The maximum atomic E-state index is 12.5. The summed E-state index contributed by atoms with van der Waals surface area (Å²) in [6, 6.07) is 16.6. The van der Waals surface area contributed by atoms with E-state index in [1.54, 1.807) is 81.8 Å². The highest BCUT2D eigenvalue weighted by Crippen LogP contribution is 2.28. The molecule has 2 aromatic carbocycles. The van der Waals surface area contributed by atoms with Gasteiger partial charge in [0, 0.05) is 45.9 Å². The van der Waals surface area contributed by atoms with Crippen molar-refractivity contribution in [2.45, 2.75) is 19.4 Å². The van der Waals surface area contributed by atoms with Crippen LogP contribution in [-0.4, -0.2) is 46.7 Å². The Morgan fingerprint density at radius 1 is 0.837 bits per heavy atom. The number of nitrogens with zero attached hydrogens (tertiary/aromatic N) is 2. The predicted octanol–water partition coefficient (Wildman–Crippen LogP) is 6.81. The number of hydrogen-bond donors (Lipinski definition) is 4. The van der Waals surface area contributed by atoms with Crippen LogP contribution in [-0.2, 0) is 0 Å². The van der Waals surface area contributed by atoms with Gasteiger partial charge in [0.05, 0.1) is 25.3 Å². The summed E-state index contributed by atoms with van der Waals surface area (Å²) in [6.45, 7) is 3.49. The fourth-order valence-corrected chi connectivity index (χ4v) is 3.98. The van der Waals surface area contributed by atoms with Crippen LogP contribution in [0, 0.1) is 12.3 Å². The molecule has 4 N–H and O–H groups in total. The summed E-state index contributed by atoms with van der Waals surface area (Å²) >= 11 is 12.0. The maximum absolute atomic E-state index is 12.5. The molecule has 0 aliphatic carbocycles. The van der Waals surface area contributed by atoms with Gasteiger partial charge in [-0.2, -0.15) is 0 Å². The number of carbonyl (C=O) groups excluding carboxylic acids is 1. The number of rotatable bonds is 9. The van der Waals surface area contributed by atoms with Gasteiger partial charge in [-0.15, -0.1) is 6.42 Å². The van der Waals surface area contributed by atoms with E-state index in [2.05, 4.69) is 31.8 Å². The number of benzene rings is 2. The number of halogens is 2. The van der Waals surface area contributed by atoms with Crippen LogP contribution in [0.3, 0.4) is 0 Å². The van der Waals surface area contributed by atoms with Crippen molar-refractivity contribution < 1.29 is 24.2 Å². The number of amides is 1. The zero-order valence-corrected chi connectivity index (χ0v) is 25.2. The van der Waals surface area contributed by atoms with Crippen molar-refractivity contribution in [3.05, 3.63) is 94.2 Å². The molecule has 12 heteroatoms. The minimum atomic E-state index is -1.05. The molecule has 0 unspecified atom stereocenters. The highest BCUT2D eigenvalue weighted by molar-refractivity contribution is 6.31. The van der Waals surface area contributed by atoms with Crippen molar-refractivity contribution in [1.82, 2.24) is 15.3 Å². The van der Waals surface area contributed by atoms with E-state index in [-0.39, 0.29) is 17.3 Å². The van der Waals surface area contributed by atoms with Gasteiger partial charge in [-0.1, -0.05) is 29.1 Å². The van der Waals surface area contributed by atoms with Gasteiger partial charge in [0.1, 0.15) is 28.7 Å². The van der Waals surface area contributed by atoms with E-state index in [1.165, 1.54) is 19.4 Å². The molecule has 0 saturated carbocycles. The number of terminal acetylenes is 1. The zero-order chi connectivity index (χ0) is 31.6. The summed E-state index contributed by atoms with van der Waals surface area (Å²) in [7, 11) is 3.08. The molecule has 0 atom stereocenters. The Morgan fingerprint density at radius 3 is 1.74 bits per heavy atom. The third-order valence-corrected chi connectivity index (χ3v) is 6.05. The van der Waals surface area contributed by atoms with Crippen molar-refractivity contribution in [3.8, 4) is 23.8 Å². The molecule has 1 amide bonds. The minimum absolute atomic E-state index is 0.0847. The molecule has 0 fully saturated rings. The van der Waals surface area contributed by atoms with Gasteiger partial charge in [0.2, 0.25) is 0 Å². The SMILES string of the molecule is C#CC(C)(C)NC(=O)c1cccnc1Nc1cc(Cl)cc(OC)c1.COc1cc(Cl)cc(Nc2ncccc2C(=O)O)c1. The average Bonchev–Trinajstić information content (AvgIpc) is 2.97. The van der Waals surface area contributed by atoms with E-state index >= 15 is 0 Å². The fourth-order valence-electron chi connectivity index (χ4n) is 3.53. The number of nitrogens with one attached hydrogen (secondary N) is 3. The first-order valence-electron chi connectivity index (χ1n) is 12.6. The van der Waals surface area contributed by atoms with Gasteiger partial charge < -0.3 is 30.5 Å². The molecule has 0 spiro atoms.